The summed E-state index contributed by atoms with van der Waals surface area (Å²) in [5.41, 5.74) is 0.499. The van der Waals surface area contributed by atoms with E-state index in [1.165, 1.54) is 24.3 Å². The molecule has 0 radical (unpaired) electrons. The molecule has 3 saturated heterocycles. The minimum absolute atomic E-state index is 0.0553. The number of nitro benzene ring substituents is 1. The summed E-state index contributed by atoms with van der Waals surface area (Å²) in [5, 5.41) is 24.6. The number of hydrogen-bond acceptors (Lipinski definition) is 12. The van der Waals surface area contributed by atoms with Crippen molar-refractivity contribution in [3.05, 3.63) is 45.2 Å². The van der Waals surface area contributed by atoms with E-state index in [0.717, 1.165) is 0 Å². The molecule has 3 fully saturated rings. The van der Waals surface area contributed by atoms with Crippen LogP contribution in [0.25, 0.3) is 0 Å². The van der Waals surface area contributed by atoms with Gasteiger partial charge in [0, 0.05) is 51.4 Å². The Morgan fingerprint density at radius 2 is 1.66 bits per heavy atom. The summed E-state index contributed by atoms with van der Waals surface area (Å²) in [6.45, 7) is 6.79. The van der Waals surface area contributed by atoms with Gasteiger partial charge in [0.15, 0.2) is 0 Å². The predicted octanol–water partition coefficient (Wildman–Crippen LogP) is 2.07. The summed E-state index contributed by atoms with van der Waals surface area (Å²) < 4.78 is 37.7. The molecule has 4 rings (SSSR count). The number of carbonyl (C=O) groups excluding carboxylic acids is 2. The van der Waals surface area contributed by atoms with Gasteiger partial charge < -0.3 is 19.0 Å². The largest absolute Gasteiger partial charge is 0.625 e. The molecule has 14 nitrogen and oxygen atoms in total. The van der Waals surface area contributed by atoms with Gasteiger partial charge in [-0.25, -0.2) is 4.79 Å². The fourth-order valence-electron chi connectivity index (χ4n) is 4.95. The number of amides is 1. The van der Waals surface area contributed by atoms with Gasteiger partial charge in [0.1, 0.15) is 18.8 Å². The van der Waals surface area contributed by atoms with E-state index < -0.39 is 41.3 Å². The van der Waals surface area contributed by atoms with E-state index in [2.05, 4.69) is 0 Å². The third-order valence-electron chi connectivity index (χ3n) is 7.22. The van der Waals surface area contributed by atoms with Crippen LogP contribution in [0.5, 0.6) is 0 Å². The maximum Gasteiger partial charge on any atom is 0.344 e. The van der Waals surface area contributed by atoms with Crippen molar-refractivity contribution in [2.45, 2.75) is 33.2 Å². The fourth-order valence-corrected chi connectivity index (χ4v) is 6.50. The molecule has 3 aliphatic rings. The van der Waals surface area contributed by atoms with Gasteiger partial charge in [-0.1, -0.05) is 12.1 Å². The van der Waals surface area contributed by atoms with Crippen molar-refractivity contribution in [3.63, 3.8) is 0 Å². The molecule has 0 aliphatic carbocycles. The van der Waals surface area contributed by atoms with Crippen LogP contribution >= 0.6 is 7.60 Å². The van der Waals surface area contributed by atoms with Gasteiger partial charge in [0.2, 0.25) is 0 Å². The van der Waals surface area contributed by atoms with E-state index in [1.54, 1.807) is 30.6 Å². The van der Waals surface area contributed by atoms with Crippen molar-refractivity contribution in [3.8, 4) is 0 Å². The van der Waals surface area contributed by atoms with Crippen LogP contribution in [-0.2, 0) is 34.4 Å². The zero-order valence-electron chi connectivity index (χ0n) is 25.0. The highest BCUT2D eigenvalue weighted by molar-refractivity contribution is 7.53. The standard InChI is InChI=1S/C26H42N5O9P/c1-4-38-26(33)24(19-22-7-9-23(10-8-22)30(34)35)29-14-13-28(21-41(37,39-5-2)40-6-3)12-11-27-15-17-31(36,18-16-27)25(32)20-29/h7-10,24H,4-6,11-21H2,1-3H3/i21T. The van der Waals surface area contributed by atoms with Gasteiger partial charge in [-0.15, -0.1) is 0 Å². The lowest BCUT2D eigenvalue weighted by molar-refractivity contribution is -0.809. The summed E-state index contributed by atoms with van der Waals surface area (Å²) in [7, 11) is -3.85. The topological polar surface area (TPSA) is 155 Å². The SMILES string of the molecule is [3H]C(N1CCN2CC[N+]([O-])(CC2)C(=O)CN(C(Cc2ccc([N+](=O)[O-])cc2)C(=O)OCC)CC1)P(=O)(OCC)OCC. The van der Waals surface area contributed by atoms with Gasteiger partial charge in [0.25, 0.3) is 5.69 Å². The van der Waals surface area contributed by atoms with Crippen molar-refractivity contribution in [2.24, 2.45) is 0 Å². The van der Waals surface area contributed by atoms with Crippen molar-refractivity contribution >= 4 is 25.2 Å². The number of rotatable bonds is 12. The van der Waals surface area contributed by atoms with Crippen molar-refractivity contribution in [1.82, 2.24) is 14.7 Å². The van der Waals surface area contributed by atoms with Gasteiger partial charge in [-0.05, 0) is 32.8 Å². The Morgan fingerprint density at radius 1 is 1.05 bits per heavy atom. The maximum absolute atomic E-state index is 13.5. The minimum atomic E-state index is -3.85. The number of non-ortho nitro benzene ring substituents is 1. The van der Waals surface area contributed by atoms with E-state index in [9.17, 15) is 29.5 Å². The predicted molar refractivity (Wildman–Crippen MR) is 151 cm³/mol. The minimum Gasteiger partial charge on any atom is -0.625 e. The number of benzene rings is 1. The van der Waals surface area contributed by atoms with Crippen molar-refractivity contribution < 1.29 is 38.9 Å². The van der Waals surface area contributed by atoms with E-state index in [-0.39, 0.29) is 64.7 Å². The van der Waals surface area contributed by atoms with E-state index in [1.807, 2.05) is 4.90 Å². The highest BCUT2D eigenvalue weighted by Gasteiger charge is 2.38. The Kier molecular flexibility index (Phi) is 11.8. The molecule has 2 unspecified atom stereocenters. The monoisotopic (exact) mass is 601 g/mol. The molecule has 2 atom stereocenters. The smallest absolute Gasteiger partial charge is 0.344 e. The number of nitrogens with zero attached hydrogens (tertiary/aromatic N) is 5. The van der Waals surface area contributed by atoms with Gasteiger partial charge in [-0.2, -0.15) is 0 Å². The van der Waals surface area contributed by atoms with Crippen LogP contribution in [0.2, 0.25) is 0 Å². The lowest BCUT2D eigenvalue weighted by atomic mass is 10.0. The Morgan fingerprint density at radius 3 is 2.22 bits per heavy atom. The number of hydroxylamine groups is 3. The molecular weight excluding hydrogens is 557 g/mol. The molecule has 3 aliphatic heterocycles. The van der Waals surface area contributed by atoms with Gasteiger partial charge in [0.05, 0.1) is 39.2 Å². The van der Waals surface area contributed by atoms with E-state index in [0.29, 0.717) is 31.7 Å². The van der Waals surface area contributed by atoms with E-state index in [4.69, 9.17) is 15.2 Å². The summed E-state index contributed by atoms with van der Waals surface area (Å²) in [6, 6.07) is 4.75. The first-order chi connectivity index (χ1) is 20.0. The number of piperazine rings is 1. The molecule has 3 heterocycles. The molecule has 0 aromatic heterocycles. The second kappa shape index (κ2) is 15.3. The summed E-state index contributed by atoms with van der Waals surface area (Å²) >= 11 is 0. The number of fused-ring (bicyclic) bond motifs is 9. The molecule has 1 aromatic carbocycles. The molecule has 0 N–H and O–H groups in total. The van der Waals surface area contributed by atoms with Crippen LogP contribution in [-0.4, -0.2) is 127 Å². The van der Waals surface area contributed by atoms with Crippen LogP contribution in [0.4, 0.5) is 5.69 Å². The van der Waals surface area contributed by atoms with Crippen LogP contribution < -0.4 is 0 Å². The zero-order chi connectivity index (χ0) is 30.9. The van der Waals surface area contributed by atoms with Gasteiger partial charge >= 0.3 is 19.5 Å². The van der Waals surface area contributed by atoms with Crippen LogP contribution in [0.15, 0.2) is 24.3 Å². The van der Waals surface area contributed by atoms with Crippen LogP contribution in [0.1, 0.15) is 27.7 Å². The fraction of sp³-hybridized carbons (Fsp3) is 0.692. The number of esters is 1. The highest BCUT2D eigenvalue weighted by Crippen LogP contribution is 2.48. The van der Waals surface area contributed by atoms with Gasteiger partial charge in [-0.3, -0.25) is 38.8 Å². The quantitative estimate of drug-likeness (QED) is 0.0860. The molecule has 0 saturated carbocycles. The number of quaternary nitrogens is 1. The first kappa shape index (κ1) is 31.6. The molecule has 230 valence electrons. The maximum atomic E-state index is 13.5. The second-order valence-electron chi connectivity index (χ2n) is 9.96. The molecule has 2 bridgehead atoms. The molecular formula is C26H42N5O9P. The first-order valence-electron chi connectivity index (χ1n) is 14.6. The molecule has 1 aromatic rings. The Hall–Kier alpha value is -2.29. The summed E-state index contributed by atoms with van der Waals surface area (Å²) in [4.78, 5) is 42.6. The average Bonchev–Trinajstić information content (AvgIpc) is 2.95. The Bertz CT molecular complexity index is 1110. The summed E-state index contributed by atoms with van der Waals surface area (Å²) in [6.07, 6.45) is -1.29. The lowest BCUT2D eigenvalue weighted by Crippen LogP contribution is -2.63. The van der Waals surface area contributed by atoms with Crippen LogP contribution in [0.3, 0.4) is 0 Å². The second-order valence-corrected chi connectivity index (χ2v) is 11.8. The van der Waals surface area contributed by atoms with Crippen molar-refractivity contribution in [1.29, 1.82) is 0 Å². The third-order valence-corrected chi connectivity index (χ3v) is 9.07. The Balaban J connectivity index is 1.97. The molecule has 15 heteroatoms. The number of ether oxygens (including phenoxy) is 1. The lowest BCUT2D eigenvalue weighted by Gasteiger charge is -2.47. The molecule has 1 amide bonds. The first-order valence-corrected chi connectivity index (χ1v) is 15.6. The van der Waals surface area contributed by atoms with E-state index >= 15 is 0 Å². The summed E-state index contributed by atoms with van der Waals surface area (Å²) in [5.74, 6) is -1.20. The molecule has 41 heavy (non-hydrogen) atoms. The number of hydrogen-bond donors (Lipinski definition) is 0. The van der Waals surface area contributed by atoms with Crippen LogP contribution in [0, 0.1) is 15.3 Å². The average molecular weight is 602 g/mol. The third kappa shape index (κ3) is 9.35. The number of nitro groups is 1. The molecule has 0 spiro atoms. The normalized spacial score (nSPS) is 25.0. The zero-order valence-corrected chi connectivity index (χ0v) is 24.9. The highest BCUT2D eigenvalue weighted by atomic mass is 31.2. The van der Waals surface area contributed by atoms with Crippen molar-refractivity contribution in [2.75, 3.05) is 85.0 Å². The number of carbonyl (C=O) groups is 2. The Labute approximate surface area is 242 Å².